The molecule has 98 valence electrons. The third-order valence-electron chi connectivity index (χ3n) is 3.46. The molecule has 2 heterocycles. The molecule has 5 heteroatoms. The third kappa shape index (κ3) is 1.86. The lowest BCUT2D eigenvalue weighted by Gasteiger charge is -2.22. The highest BCUT2D eigenvalue weighted by atomic mass is 32.1. The van der Waals surface area contributed by atoms with Gasteiger partial charge in [-0.3, -0.25) is 9.20 Å². The number of hydrogen-bond donors (Lipinski definition) is 1. The van der Waals surface area contributed by atoms with Crippen LogP contribution in [0.2, 0.25) is 0 Å². The lowest BCUT2D eigenvalue weighted by atomic mass is 9.99. The SMILES string of the molecule is CCC(C)(O)c1cc(=O)sc2nc3ccccc3n12. The quantitative estimate of drug-likeness (QED) is 0.781. The lowest BCUT2D eigenvalue weighted by molar-refractivity contribution is 0.0477. The molecule has 0 radical (unpaired) electrons. The van der Waals surface area contributed by atoms with Gasteiger partial charge in [0, 0.05) is 6.07 Å². The first kappa shape index (κ1) is 12.3. The van der Waals surface area contributed by atoms with Crippen LogP contribution in [-0.4, -0.2) is 14.5 Å². The smallest absolute Gasteiger partial charge is 0.237 e. The first-order valence-electron chi connectivity index (χ1n) is 6.17. The Hall–Kier alpha value is -1.72. The van der Waals surface area contributed by atoms with E-state index in [1.807, 2.05) is 35.6 Å². The molecule has 1 N–H and O–H groups in total. The van der Waals surface area contributed by atoms with E-state index in [9.17, 15) is 9.90 Å². The fourth-order valence-corrected chi connectivity index (χ4v) is 2.96. The molecule has 1 aromatic carbocycles. The van der Waals surface area contributed by atoms with Crippen molar-refractivity contribution in [1.29, 1.82) is 0 Å². The highest BCUT2D eigenvalue weighted by Gasteiger charge is 2.25. The van der Waals surface area contributed by atoms with E-state index in [-0.39, 0.29) is 4.74 Å². The average molecular weight is 274 g/mol. The van der Waals surface area contributed by atoms with Crippen molar-refractivity contribution in [3.8, 4) is 0 Å². The van der Waals surface area contributed by atoms with E-state index in [1.54, 1.807) is 6.92 Å². The minimum Gasteiger partial charge on any atom is -0.384 e. The number of rotatable bonds is 2. The molecule has 0 aliphatic rings. The maximum absolute atomic E-state index is 11.8. The van der Waals surface area contributed by atoms with Gasteiger partial charge in [0.15, 0.2) is 4.96 Å². The summed E-state index contributed by atoms with van der Waals surface area (Å²) in [5.41, 5.74) is 1.30. The second kappa shape index (κ2) is 4.15. The molecule has 0 fully saturated rings. The second-order valence-electron chi connectivity index (χ2n) is 4.80. The van der Waals surface area contributed by atoms with Gasteiger partial charge in [0.25, 0.3) is 0 Å². The van der Waals surface area contributed by atoms with Crippen LogP contribution >= 0.6 is 11.3 Å². The topological polar surface area (TPSA) is 54.6 Å². The molecule has 0 saturated carbocycles. The van der Waals surface area contributed by atoms with Crippen molar-refractivity contribution >= 4 is 27.3 Å². The number of fused-ring (bicyclic) bond motifs is 3. The van der Waals surface area contributed by atoms with Crippen molar-refractivity contribution in [3.63, 3.8) is 0 Å². The predicted molar refractivity (Wildman–Crippen MR) is 76.7 cm³/mol. The van der Waals surface area contributed by atoms with E-state index < -0.39 is 5.60 Å². The molecule has 2 aromatic heterocycles. The van der Waals surface area contributed by atoms with Gasteiger partial charge in [-0.2, -0.15) is 0 Å². The summed E-state index contributed by atoms with van der Waals surface area (Å²) in [6.07, 6.45) is 0.530. The van der Waals surface area contributed by atoms with Crippen LogP contribution in [0.15, 0.2) is 35.1 Å². The van der Waals surface area contributed by atoms with Crippen molar-refractivity contribution in [1.82, 2.24) is 9.38 Å². The summed E-state index contributed by atoms with van der Waals surface area (Å²) >= 11 is 1.09. The molecule has 0 saturated heterocycles. The van der Waals surface area contributed by atoms with Crippen molar-refractivity contribution in [3.05, 3.63) is 45.6 Å². The largest absolute Gasteiger partial charge is 0.384 e. The summed E-state index contributed by atoms with van der Waals surface area (Å²) in [7, 11) is 0. The van der Waals surface area contributed by atoms with Gasteiger partial charge in [-0.15, -0.1) is 0 Å². The molecule has 1 atom stereocenters. The van der Waals surface area contributed by atoms with Crippen molar-refractivity contribution in [2.24, 2.45) is 0 Å². The maximum Gasteiger partial charge on any atom is 0.237 e. The molecule has 0 spiro atoms. The highest BCUT2D eigenvalue weighted by Crippen LogP contribution is 2.28. The predicted octanol–water partition coefficient (Wildman–Crippen LogP) is 2.53. The Morgan fingerprint density at radius 3 is 2.89 bits per heavy atom. The van der Waals surface area contributed by atoms with Crippen molar-refractivity contribution in [2.75, 3.05) is 0 Å². The van der Waals surface area contributed by atoms with Crippen LogP contribution in [0.25, 0.3) is 16.0 Å². The fraction of sp³-hybridized carbons (Fsp3) is 0.286. The third-order valence-corrected chi connectivity index (χ3v) is 4.23. The summed E-state index contributed by atoms with van der Waals surface area (Å²) in [6, 6.07) is 9.20. The summed E-state index contributed by atoms with van der Waals surface area (Å²) < 4.78 is 1.79. The van der Waals surface area contributed by atoms with E-state index in [1.165, 1.54) is 6.07 Å². The Morgan fingerprint density at radius 1 is 1.42 bits per heavy atom. The van der Waals surface area contributed by atoms with Gasteiger partial charge in [-0.25, -0.2) is 4.98 Å². The molecule has 3 rings (SSSR count). The minimum atomic E-state index is -1.05. The van der Waals surface area contributed by atoms with Crippen LogP contribution in [0.3, 0.4) is 0 Å². The number of nitrogens with zero attached hydrogens (tertiary/aromatic N) is 2. The summed E-state index contributed by atoms with van der Waals surface area (Å²) in [6.45, 7) is 3.62. The maximum atomic E-state index is 11.8. The number of aliphatic hydroxyl groups is 1. The Bertz CT molecular complexity index is 817. The van der Waals surface area contributed by atoms with Crippen LogP contribution in [-0.2, 0) is 5.60 Å². The average Bonchev–Trinajstić information content (AvgIpc) is 2.75. The zero-order valence-corrected chi connectivity index (χ0v) is 11.6. The van der Waals surface area contributed by atoms with E-state index in [4.69, 9.17) is 0 Å². The molecule has 19 heavy (non-hydrogen) atoms. The number of hydrogen-bond acceptors (Lipinski definition) is 4. The number of para-hydroxylation sites is 2. The molecule has 0 aliphatic carbocycles. The van der Waals surface area contributed by atoms with Gasteiger partial charge < -0.3 is 5.11 Å². The Labute approximate surface area is 114 Å². The molecule has 0 bridgehead atoms. The van der Waals surface area contributed by atoms with Crippen LogP contribution in [0.1, 0.15) is 26.0 Å². The van der Waals surface area contributed by atoms with Crippen LogP contribution in [0, 0.1) is 0 Å². The monoisotopic (exact) mass is 274 g/mol. The lowest BCUT2D eigenvalue weighted by Crippen LogP contribution is -2.24. The molecular formula is C14H14N2O2S. The van der Waals surface area contributed by atoms with E-state index >= 15 is 0 Å². The molecular weight excluding hydrogens is 260 g/mol. The summed E-state index contributed by atoms with van der Waals surface area (Å²) in [4.78, 5) is 16.9. The highest BCUT2D eigenvalue weighted by molar-refractivity contribution is 7.14. The van der Waals surface area contributed by atoms with Crippen LogP contribution in [0.5, 0.6) is 0 Å². The van der Waals surface area contributed by atoms with Crippen LogP contribution < -0.4 is 4.74 Å². The molecule has 1 unspecified atom stereocenters. The van der Waals surface area contributed by atoms with Crippen molar-refractivity contribution in [2.45, 2.75) is 25.9 Å². The van der Waals surface area contributed by atoms with Gasteiger partial charge in [-0.1, -0.05) is 30.4 Å². The Kier molecular flexibility index (Phi) is 2.69. The first-order chi connectivity index (χ1) is 9.03. The number of imidazole rings is 1. The van der Waals surface area contributed by atoms with Gasteiger partial charge in [0.2, 0.25) is 4.74 Å². The fourth-order valence-electron chi connectivity index (χ4n) is 2.18. The standard InChI is InChI=1S/C14H14N2O2S/c1-3-14(2,18)11-8-12(17)19-13-15-9-6-4-5-7-10(9)16(11)13/h4-8,18H,3H2,1-2H3. The minimum absolute atomic E-state index is 0.0912. The molecule has 4 nitrogen and oxygen atoms in total. The zero-order chi connectivity index (χ0) is 13.6. The van der Waals surface area contributed by atoms with E-state index in [0.717, 1.165) is 22.4 Å². The zero-order valence-electron chi connectivity index (χ0n) is 10.8. The van der Waals surface area contributed by atoms with E-state index in [0.29, 0.717) is 17.1 Å². The summed E-state index contributed by atoms with van der Waals surface area (Å²) in [5, 5.41) is 10.5. The van der Waals surface area contributed by atoms with E-state index in [2.05, 4.69) is 4.98 Å². The van der Waals surface area contributed by atoms with Gasteiger partial charge in [0.1, 0.15) is 5.60 Å². The molecule has 3 aromatic rings. The Balaban J connectivity index is 2.53. The number of benzene rings is 1. The second-order valence-corrected chi connectivity index (χ2v) is 5.77. The van der Waals surface area contributed by atoms with Crippen molar-refractivity contribution < 1.29 is 5.11 Å². The Morgan fingerprint density at radius 2 is 2.16 bits per heavy atom. The first-order valence-corrected chi connectivity index (χ1v) is 6.99. The van der Waals surface area contributed by atoms with Gasteiger partial charge in [-0.05, 0) is 25.5 Å². The number of aromatic nitrogens is 2. The van der Waals surface area contributed by atoms with Gasteiger partial charge in [0.05, 0.1) is 16.7 Å². The normalized spacial score (nSPS) is 14.9. The summed E-state index contributed by atoms with van der Waals surface area (Å²) in [5.74, 6) is 0. The molecule has 0 amide bonds. The van der Waals surface area contributed by atoms with Crippen LogP contribution in [0.4, 0.5) is 0 Å². The molecule has 0 aliphatic heterocycles. The van der Waals surface area contributed by atoms with Gasteiger partial charge >= 0.3 is 0 Å².